The van der Waals surface area contributed by atoms with E-state index >= 15 is 0 Å². The molecule has 0 radical (unpaired) electrons. The fourth-order valence-corrected chi connectivity index (χ4v) is 2.99. The van der Waals surface area contributed by atoms with Crippen molar-refractivity contribution in [2.75, 3.05) is 6.54 Å². The lowest BCUT2D eigenvalue weighted by molar-refractivity contribution is 0.213. The average Bonchev–Trinajstić information content (AvgIpc) is 2.29. The molecule has 1 atom stereocenters. The molecule has 1 aliphatic rings. The van der Waals surface area contributed by atoms with Gasteiger partial charge in [-0.25, -0.2) is 4.39 Å². The van der Waals surface area contributed by atoms with Gasteiger partial charge in [-0.3, -0.25) is 0 Å². The molecule has 0 spiro atoms. The fourth-order valence-electron chi connectivity index (χ4n) is 2.99. The topological polar surface area (TPSA) is 12.0 Å². The van der Waals surface area contributed by atoms with E-state index in [0.717, 1.165) is 24.9 Å². The van der Waals surface area contributed by atoms with Crippen LogP contribution in [-0.2, 0) is 5.54 Å². The smallest absolute Gasteiger partial charge is 0.123 e. The summed E-state index contributed by atoms with van der Waals surface area (Å²) in [6.45, 7) is 5.51. The Balaban J connectivity index is 2.31. The molecule has 1 aromatic carbocycles. The second kappa shape index (κ2) is 5.18. The molecule has 94 valence electrons. The molecule has 0 bridgehead atoms. The van der Waals surface area contributed by atoms with Gasteiger partial charge in [-0.2, -0.15) is 0 Å². The second-order valence-corrected chi connectivity index (χ2v) is 5.57. The summed E-state index contributed by atoms with van der Waals surface area (Å²) >= 11 is 0. The Bertz CT molecular complexity index is 367. The van der Waals surface area contributed by atoms with Gasteiger partial charge in [0.2, 0.25) is 0 Å². The van der Waals surface area contributed by atoms with Gasteiger partial charge in [0.05, 0.1) is 0 Å². The summed E-state index contributed by atoms with van der Waals surface area (Å²) in [7, 11) is 0. The number of benzene rings is 1. The van der Waals surface area contributed by atoms with E-state index < -0.39 is 0 Å². The van der Waals surface area contributed by atoms with Crippen LogP contribution in [0.4, 0.5) is 4.39 Å². The zero-order chi connectivity index (χ0) is 12.3. The first-order chi connectivity index (χ1) is 8.12. The first-order valence-corrected chi connectivity index (χ1v) is 6.63. The van der Waals surface area contributed by atoms with Crippen molar-refractivity contribution in [2.24, 2.45) is 5.92 Å². The number of rotatable bonds is 3. The van der Waals surface area contributed by atoms with E-state index in [2.05, 4.69) is 25.2 Å². The van der Waals surface area contributed by atoms with Gasteiger partial charge in [-0.05, 0) is 49.4 Å². The molecule has 1 heterocycles. The molecule has 1 nitrogen and oxygen atoms in total. The van der Waals surface area contributed by atoms with Crippen LogP contribution in [0.3, 0.4) is 0 Å². The highest BCUT2D eigenvalue weighted by molar-refractivity contribution is 5.26. The van der Waals surface area contributed by atoms with Crippen LogP contribution in [0.5, 0.6) is 0 Å². The van der Waals surface area contributed by atoms with Crippen molar-refractivity contribution in [3.8, 4) is 0 Å². The van der Waals surface area contributed by atoms with Crippen LogP contribution in [-0.4, -0.2) is 6.54 Å². The van der Waals surface area contributed by atoms with E-state index in [1.807, 2.05) is 6.07 Å². The van der Waals surface area contributed by atoms with Crippen LogP contribution in [0, 0.1) is 11.7 Å². The highest BCUT2D eigenvalue weighted by Crippen LogP contribution is 2.36. The van der Waals surface area contributed by atoms with E-state index in [1.165, 1.54) is 18.9 Å². The summed E-state index contributed by atoms with van der Waals surface area (Å²) in [5.41, 5.74) is 1.11. The third-order valence-corrected chi connectivity index (χ3v) is 3.63. The molecule has 1 aliphatic heterocycles. The number of halogens is 1. The van der Waals surface area contributed by atoms with Gasteiger partial charge in [-0.15, -0.1) is 0 Å². The van der Waals surface area contributed by atoms with Crippen molar-refractivity contribution in [3.05, 3.63) is 35.6 Å². The van der Waals surface area contributed by atoms with Crippen LogP contribution < -0.4 is 5.32 Å². The van der Waals surface area contributed by atoms with E-state index in [4.69, 9.17) is 0 Å². The first-order valence-electron chi connectivity index (χ1n) is 6.63. The Morgan fingerprint density at radius 3 is 2.76 bits per heavy atom. The van der Waals surface area contributed by atoms with Crippen molar-refractivity contribution in [1.82, 2.24) is 5.32 Å². The van der Waals surface area contributed by atoms with Crippen molar-refractivity contribution >= 4 is 0 Å². The van der Waals surface area contributed by atoms with Gasteiger partial charge in [0.25, 0.3) is 0 Å². The summed E-state index contributed by atoms with van der Waals surface area (Å²) in [6, 6.07) is 7.10. The summed E-state index contributed by atoms with van der Waals surface area (Å²) in [6.07, 6.45) is 4.66. The number of piperidine rings is 1. The monoisotopic (exact) mass is 235 g/mol. The minimum atomic E-state index is -0.127. The van der Waals surface area contributed by atoms with E-state index in [-0.39, 0.29) is 11.4 Å². The third kappa shape index (κ3) is 2.86. The van der Waals surface area contributed by atoms with Crippen LogP contribution in [0.1, 0.15) is 45.1 Å². The number of hydrogen-bond acceptors (Lipinski definition) is 1. The predicted molar refractivity (Wildman–Crippen MR) is 69.4 cm³/mol. The van der Waals surface area contributed by atoms with Crippen LogP contribution >= 0.6 is 0 Å². The molecular weight excluding hydrogens is 213 g/mol. The molecule has 0 amide bonds. The molecule has 1 N–H and O–H groups in total. The lowest BCUT2D eigenvalue weighted by Crippen LogP contribution is -2.46. The predicted octanol–water partition coefficient (Wildman–Crippen LogP) is 3.84. The van der Waals surface area contributed by atoms with E-state index in [9.17, 15) is 4.39 Å². The fraction of sp³-hybridized carbons (Fsp3) is 0.600. The summed E-state index contributed by atoms with van der Waals surface area (Å²) in [5.74, 6) is 0.488. The Labute approximate surface area is 103 Å². The van der Waals surface area contributed by atoms with Gasteiger partial charge in [0.15, 0.2) is 0 Å². The zero-order valence-electron chi connectivity index (χ0n) is 10.8. The number of nitrogens with one attached hydrogen (secondary N) is 1. The van der Waals surface area contributed by atoms with Gasteiger partial charge in [-0.1, -0.05) is 32.4 Å². The van der Waals surface area contributed by atoms with Crippen molar-refractivity contribution in [1.29, 1.82) is 0 Å². The lowest BCUT2D eigenvalue weighted by atomic mass is 9.76. The molecule has 2 heteroatoms. The van der Waals surface area contributed by atoms with Crippen LogP contribution in [0.25, 0.3) is 0 Å². The summed E-state index contributed by atoms with van der Waals surface area (Å²) in [4.78, 5) is 0. The molecule has 0 aromatic heterocycles. The molecule has 1 aromatic rings. The van der Waals surface area contributed by atoms with Crippen molar-refractivity contribution < 1.29 is 4.39 Å². The molecule has 0 aliphatic carbocycles. The first kappa shape index (κ1) is 12.6. The highest BCUT2D eigenvalue weighted by atomic mass is 19.1. The van der Waals surface area contributed by atoms with Crippen molar-refractivity contribution in [2.45, 2.75) is 45.1 Å². The third-order valence-electron chi connectivity index (χ3n) is 3.63. The standard InChI is InChI=1S/C15H22FN/c1-12(2)11-15(8-3-4-9-17-15)13-6-5-7-14(16)10-13/h5-7,10,12,17H,3-4,8-9,11H2,1-2H3. The maximum absolute atomic E-state index is 13.4. The van der Waals surface area contributed by atoms with Gasteiger partial charge >= 0.3 is 0 Å². The SMILES string of the molecule is CC(C)CC1(c2cccc(F)c2)CCCCN1. The second-order valence-electron chi connectivity index (χ2n) is 5.57. The quantitative estimate of drug-likeness (QED) is 0.839. The Morgan fingerprint density at radius 1 is 1.35 bits per heavy atom. The molecule has 2 rings (SSSR count). The Morgan fingerprint density at radius 2 is 2.18 bits per heavy atom. The summed E-state index contributed by atoms with van der Waals surface area (Å²) < 4.78 is 13.4. The van der Waals surface area contributed by atoms with E-state index in [0.29, 0.717) is 5.92 Å². The molecule has 0 saturated carbocycles. The lowest BCUT2D eigenvalue weighted by Gasteiger charge is -2.40. The highest BCUT2D eigenvalue weighted by Gasteiger charge is 2.34. The summed E-state index contributed by atoms with van der Waals surface area (Å²) in [5, 5.41) is 3.64. The molecule has 1 unspecified atom stereocenters. The minimum Gasteiger partial charge on any atom is -0.307 e. The maximum atomic E-state index is 13.4. The normalized spacial score (nSPS) is 25.2. The van der Waals surface area contributed by atoms with Crippen molar-refractivity contribution in [3.63, 3.8) is 0 Å². The molecule has 1 fully saturated rings. The Kier molecular flexibility index (Phi) is 3.82. The van der Waals surface area contributed by atoms with Gasteiger partial charge < -0.3 is 5.32 Å². The molecular formula is C15H22FN. The zero-order valence-corrected chi connectivity index (χ0v) is 10.8. The average molecular weight is 235 g/mol. The van der Waals surface area contributed by atoms with Gasteiger partial charge in [0, 0.05) is 5.54 Å². The van der Waals surface area contributed by atoms with Gasteiger partial charge in [0.1, 0.15) is 5.82 Å². The Hall–Kier alpha value is -0.890. The largest absolute Gasteiger partial charge is 0.307 e. The van der Waals surface area contributed by atoms with Crippen LogP contribution in [0.2, 0.25) is 0 Å². The number of hydrogen-bond donors (Lipinski definition) is 1. The molecule has 17 heavy (non-hydrogen) atoms. The maximum Gasteiger partial charge on any atom is 0.123 e. The minimum absolute atomic E-state index is 0.00544. The van der Waals surface area contributed by atoms with Crippen LogP contribution in [0.15, 0.2) is 24.3 Å². The molecule has 1 saturated heterocycles. The van der Waals surface area contributed by atoms with E-state index in [1.54, 1.807) is 6.07 Å².